The molecule has 0 atom stereocenters. The summed E-state index contributed by atoms with van der Waals surface area (Å²) >= 11 is 7.37. The van der Waals surface area contributed by atoms with E-state index >= 15 is 0 Å². The van der Waals surface area contributed by atoms with Crippen molar-refractivity contribution in [2.24, 2.45) is 0 Å². The van der Waals surface area contributed by atoms with Gasteiger partial charge >= 0.3 is 5.97 Å². The summed E-state index contributed by atoms with van der Waals surface area (Å²) in [5, 5.41) is 3.39. The molecule has 0 fully saturated rings. The Balaban J connectivity index is 1.47. The van der Waals surface area contributed by atoms with Crippen LogP contribution in [0.5, 0.6) is 11.5 Å². The summed E-state index contributed by atoms with van der Waals surface area (Å²) in [7, 11) is 1.59. The third-order valence-corrected chi connectivity index (χ3v) is 4.63. The summed E-state index contributed by atoms with van der Waals surface area (Å²) in [5.74, 6) is 0.836. The molecule has 0 N–H and O–H groups in total. The van der Waals surface area contributed by atoms with Crippen molar-refractivity contribution in [2.45, 2.75) is 6.61 Å². The van der Waals surface area contributed by atoms with Crippen molar-refractivity contribution in [2.75, 3.05) is 13.7 Å². The Hall–Kier alpha value is -2.57. The van der Waals surface area contributed by atoms with Crippen molar-refractivity contribution < 1.29 is 19.0 Å². The lowest BCUT2D eigenvalue weighted by Gasteiger charge is -2.07. The Kier molecular flexibility index (Phi) is 6.09. The zero-order valence-corrected chi connectivity index (χ0v) is 15.5. The third kappa shape index (κ3) is 4.97. The Morgan fingerprint density at radius 3 is 2.46 bits per heavy atom. The standard InChI is InChI=1S/C19H16ClNO4S/c1-23-16-6-8-17(9-7-16)24-11-18(22)25-10-15-12-26-19(21-15)13-2-4-14(20)5-3-13/h2-9,12H,10-11H2,1H3. The summed E-state index contributed by atoms with van der Waals surface area (Å²) in [6.45, 7) is -0.0601. The molecule has 5 nitrogen and oxygen atoms in total. The highest BCUT2D eigenvalue weighted by atomic mass is 35.5. The minimum absolute atomic E-state index is 0.106. The van der Waals surface area contributed by atoms with E-state index in [-0.39, 0.29) is 13.2 Å². The third-order valence-electron chi connectivity index (χ3n) is 3.44. The molecule has 0 saturated carbocycles. The predicted molar refractivity (Wildman–Crippen MR) is 101 cm³/mol. The van der Waals surface area contributed by atoms with Gasteiger partial charge in [-0.15, -0.1) is 11.3 Å². The van der Waals surface area contributed by atoms with Gasteiger partial charge in [0, 0.05) is 16.0 Å². The van der Waals surface area contributed by atoms with Crippen LogP contribution in [0.2, 0.25) is 5.02 Å². The van der Waals surface area contributed by atoms with Crippen LogP contribution in [0.4, 0.5) is 0 Å². The maximum absolute atomic E-state index is 11.8. The van der Waals surface area contributed by atoms with Crippen LogP contribution in [-0.2, 0) is 16.1 Å². The number of halogens is 1. The number of ether oxygens (including phenoxy) is 3. The van der Waals surface area contributed by atoms with Crippen molar-refractivity contribution in [3.8, 4) is 22.1 Å². The van der Waals surface area contributed by atoms with E-state index in [1.165, 1.54) is 11.3 Å². The van der Waals surface area contributed by atoms with E-state index in [0.717, 1.165) is 16.3 Å². The maximum atomic E-state index is 11.8. The Morgan fingerprint density at radius 2 is 1.77 bits per heavy atom. The average molecular weight is 390 g/mol. The normalized spacial score (nSPS) is 10.4. The van der Waals surface area contributed by atoms with Gasteiger partial charge in [-0.2, -0.15) is 0 Å². The number of benzene rings is 2. The quantitative estimate of drug-likeness (QED) is 0.553. The Labute approximate surface area is 160 Å². The molecule has 0 saturated heterocycles. The summed E-state index contributed by atoms with van der Waals surface area (Å²) in [6, 6.07) is 14.4. The molecular formula is C19H16ClNO4S. The summed E-state index contributed by atoms with van der Waals surface area (Å²) < 4.78 is 15.6. The van der Waals surface area contributed by atoms with Crippen LogP contribution in [-0.4, -0.2) is 24.7 Å². The Morgan fingerprint density at radius 1 is 1.08 bits per heavy atom. The second-order valence-corrected chi connectivity index (χ2v) is 6.57. The molecule has 0 bridgehead atoms. The van der Waals surface area contributed by atoms with Crippen molar-refractivity contribution in [1.29, 1.82) is 0 Å². The van der Waals surface area contributed by atoms with Crippen molar-refractivity contribution in [1.82, 2.24) is 4.98 Å². The molecule has 7 heteroatoms. The van der Waals surface area contributed by atoms with Crippen LogP contribution in [0.1, 0.15) is 5.69 Å². The lowest BCUT2D eigenvalue weighted by Crippen LogP contribution is -2.14. The number of thiazole rings is 1. The van der Waals surface area contributed by atoms with Crippen LogP contribution in [0.3, 0.4) is 0 Å². The van der Waals surface area contributed by atoms with E-state index in [4.69, 9.17) is 25.8 Å². The summed E-state index contributed by atoms with van der Waals surface area (Å²) in [4.78, 5) is 16.3. The SMILES string of the molecule is COc1ccc(OCC(=O)OCc2csc(-c3ccc(Cl)cc3)n2)cc1. The lowest BCUT2D eigenvalue weighted by molar-refractivity contribution is -0.147. The molecule has 0 radical (unpaired) electrons. The number of hydrogen-bond acceptors (Lipinski definition) is 6. The van der Waals surface area contributed by atoms with Gasteiger partial charge in [0.05, 0.1) is 12.8 Å². The molecule has 3 aromatic rings. The fourth-order valence-electron chi connectivity index (χ4n) is 2.11. The van der Waals surface area contributed by atoms with Crippen LogP contribution in [0, 0.1) is 0 Å². The monoisotopic (exact) mass is 389 g/mol. The molecule has 0 spiro atoms. The van der Waals surface area contributed by atoms with E-state index in [0.29, 0.717) is 16.5 Å². The number of methoxy groups -OCH3 is 1. The highest BCUT2D eigenvalue weighted by molar-refractivity contribution is 7.13. The molecule has 1 aromatic heterocycles. The molecule has 0 aliphatic heterocycles. The zero-order valence-electron chi connectivity index (χ0n) is 14.0. The van der Waals surface area contributed by atoms with Gasteiger partial charge in [-0.3, -0.25) is 0 Å². The number of carbonyl (C=O) groups is 1. The van der Waals surface area contributed by atoms with Gasteiger partial charge in [0.25, 0.3) is 0 Å². The fourth-order valence-corrected chi connectivity index (χ4v) is 3.05. The maximum Gasteiger partial charge on any atom is 0.344 e. The number of aromatic nitrogens is 1. The van der Waals surface area contributed by atoms with E-state index < -0.39 is 5.97 Å². The highest BCUT2D eigenvalue weighted by Crippen LogP contribution is 2.25. The molecule has 26 heavy (non-hydrogen) atoms. The smallest absolute Gasteiger partial charge is 0.344 e. The zero-order chi connectivity index (χ0) is 18.4. The van der Waals surface area contributed by atoms with E-state index in [9.17, 15) is 4.79 Å². The molecular weight excluding hydrogens is 374 g/mol. The Bertz CT molecular complexity index is 862. The molecule has 3 rings (SSSR count). The largest absolute Gasteiger partial charge is 0.497 e. The van der Waals surface area contributed by atoms with Crippen molar-refractivity contribution in [3.05, 3.63) is 64.6 Å². The number of rotatable bonds is 7. The topological polar surface area (TPSA) is 57.7 Å². The first-order chi connectivity index (χ1) is 12.6. The van der Waals surface area contributed by atoms with E-state index in [1.807, 2.05) is 29.6 Å². The van der Waals surface area contributed by atoms with E-state index in [1.54, 1.807) is 31.4 Å². The van der Waals surface area contributed by atoms with E-state index in [2.05, 4.69) is 4.98 Å². The molecule has 1 heterocycles. The number of nitrogens with zero attached hydrogens (tertiary/aromatic N) is 1. The van der Waals surface area contributed by atoms with Crippen LogP contribution in [0.25, 0.3) is 10.6 Å². The second kappa shape index (κ2) is 8.69. The van der Waals surface area contributed by atoms with Crippen LogP contribution < -0.4 is 9.47 Å². The second-order valence-electron chi connectivity index (χ2n) is 5.28. The molecule has 134 valence electrons. The first kappa shape index (κ1) is 18.2. The van der Waals surface area contributed by atoms with Crippen molar-refractivity contribution >= 4 is 28.9 Å². The van der Waals surface area contributed by atoms with Gasteiger partial charge in [-0.1, -0.05) is 23.7 Å². The molecule has 0 unspecified atom stereocenters. The van der Waals surface area contributed by atoms with Crippen LogP contribution in [0.15, 0.2) is 53.9 Å². The summed E-state index contributed by atoms with van der Waals surface area (Å²) in [5.41, 5.74) is 1.66. The molecule has 0 amide bonds. The summed E-state index contributed by atoms with van der Waals surface area (Å²) in [6.07, 6.45) is 0. The molecule has 0 aliphatic rings. The van der Waals surface area contributed by atoms with Crippen molar-refractivity contribution in [3.63, 3.8) is 0 Å². The lowest BCUT2D eigenvalue weighted by atomic mass is 10.2. The van der Waals surface area contributed by atoms with Crippen LogP contribution >= 0.6 is 22.9 Å². The minimum Gasteiger partial charge on any atom is -0.497 e. The number of hydrogen-bond donors (Lipinski definition) is 0. The fraction of sp³-hybridized carbons (Fsp3) is 0.158. The van der Waals surface area contributed by atoms with Gasteiger partial charge in [-0.05, 0) is 36.4 Å². The molecule has 0 aliphatic carbocycles. The first-order valence-corrected chi connectivity index (χ1v) is 9.02. The van der Waals surface area contributed by atoms with Gasteiger partial charge in [0.1, 0.15) is 23.1 Å². The first-order valence-electron chi connectivity index (χ1n) is 7.77. The minimum atomic E-state index is -0.457. The van der Waals surface area contributed by atoms with Gasteiger partial charge < -0.3 is 14.2 Å². The highest BCUT2D eigenvalue weighted by Gasteiger charge is 2.09. The number of carbonyl (C=O) groups excluding carboxylic acids is 1. The van der Waals surface area contributed by atoms with Gasteiger partial charge in [-0.25, -0.2) is 9.78 Å². The molecule has 2 aromatic carbocycles. The average Bonchev–Trinajstić information content (AvgIpc) is 3.14. The number of esters is 1. The van der Waals surface area contributed by atoms with Gasteiger partial charge in [0.15, 0.2) is 6.61 Å². The predicted octanol–water partition coefficient (Wildman–Crippen LogP) is 4.59. The van der Waals surface area contributed by atoms with Gasteiger partial charge in [0.2, 0.25) is 0 Å².